The molecular formula is C15H19NO3. The maximum Gasteiger partial charge on any atom is 0.287 e. The average Bonchev–Trinajstić information content (AvgIpc) is 2.78. The second-order valence-corrected chi connectivity index (χ2v) is 4.62. The summed E-state index contributed by atoms with van der Waals surface area (Å²) < 4.78 is 10.8. The Morgan fingerprint density at radius 1 is 1.42 bits per heavy atom. The van der Waals surface area contributed by atoms with E-state index in [0.717, 1.165) is 17.4 Å². The highest BCUT2D eigenvalue weighted by Gasteiger charge is 2.20. The summed E-state index contributed by atoms with van der Waals surface area (Å²) in [5, 5.41) is 3.85. The molecule has 0 fully saturated rings. The Hall–Kier alpha value is -1.81. The number of carbonyl (C=O) groups excluding carboxylic acids is 1. The van der Waals surface area contributed by atoms with Crippen LogP contribution in [0.3, 0.4) is 0 Å². The van der Waals surface area contributed by atoms with Crippen LogP contribution in [0.5, 0.6) is 0 Å². The molecule has 0 radical (unpaired) electrons. The van der Waals surface area contributed by atoms with Gasteiger partial charge in [0.15, 0.2) is 5.76 Å². The molecule has 0 spiro atoms. The Morgan fingerprint density at radius 3 is 2.84 bits per heavy atom. The summed E-state index contributed by atoms with van der Waals surface area (Å²) in [6.45, 7) is 4.36. The number of benzene rings is 1. The van der Waals surface area contributed by atoms with Gasteiger partial charge in [-0.3, -0.25) is 4.79 Å². The molecule has 0 unspecified atom stereocenters. The minimum Gasteiger partial charge on any atom is -0.451 e. The number of methoxy groups -OCH3 is 1. The van der Waals surface area contributed by atoms with Gasteiger partial charge >= 0.3 is 0 Å². The van der Waals surface area contributed by atoms with Gasteiger partial charge in [0.1, 0.15) is 5.58 Å². The molecule has 1 amide bonds. The molecule has 1 heterocycles. The Kier molecular flexibility index (Phi) is 4.22. The van der Waals surface area contributed by atoms with Gasteiger partial charge < -0.3 is 14.5 Å². The summed E-state index contributed by atoms with van der Waals surface area (Å²) in [6.07, 6.45) is 0.881. The smallest absolute Gasteiger partial charge is 0.287 e. The van der Waals surface area contributed by atoms with Gasteiger partial charge in [0, 0.05) is 24.1 Å². The number of nitrogens with one attached hydrogen (secondary N) is 1. The lowest BCUT2D eigenvalue weighted by Gasteiger charge is -2.10. The number of carbonyl (C=O) groups is 1. The molecule has 102 valence electrons. The molecule has 4 heteroatoms. The maximum absolute atomic E-state index is 12.2. The quantitative estimate of drug-likeness (QED) is 0.899. The minimum absolute atomic E-state index is 0.121. The van der Waals surface area contributed by atoms with Gasteiger partial charge in [-0.1, -0.05) is 25.1 Å². The average molecular weight is 261 g/mol. The molecule has 1 aromatic carbocycles. The molecular weight excluding hydrogens is 242 g/mol. The van der Waals surface area contributed by atoms with Gasteiger partial charge in [-0.25, -0.2) is 0 Å². The van der Waals surface area contributed by atoms with Crippen LogP contribution < -0.4 is 5.32 Å². The number of hydrogen-bond acceptors (Lipinski definition) is 3. The molecule has 2 aromatic rings. The molecule has 0 saturated carbocycles. The van der Waals surface area contributed by atoms with Crippen LogP contribution in [0.15, 0.2) is 28.7 Å². The predicted molar refractivity (Wildman–Crippen MR) is 74.1 cm³/mol. The largest absolute Gasteiger partial charge is 0.451 e. The van der Waals surface area contributed by atoms with E-state index in [1.807, 2.05) is 38.1 Å². The van der Waals surface area contributed by atoms with Gasteiger partial charge in [-0.05, 0) is 19.4 Å². The fourth-order valence-electron chi connectivity index (χ4n) is 1.96. The van der Waals surface area contributed by atoms with Gasteiger partial charge in [-0.15, -0.1) is 0 Å². The number of furan rings is 1. The van der Waals surface area contributed by atoms with Crippen LogP contribution in [0.2, 0.25) is 0 Å². The van der Waals surface area contributed by atoms with E-state index in [1.54, 1.807) is 7.11 Å². The third kappa shape index (κ3) is 2.79. The Morgan fingerprint density at radius 2 is 2.16 bits per heavy atom. The minimum atomic E-state index is -0.183. The van der Waals surface area contributed by atoms with E-state index in [4.69, 9.17) is 9.15 Å². The van der Waals surface area contributed by atoms with Crippen LogP contribution in [0.25, 0.3) is 11.0 Å². The van der Waals surface area contributed by atoms with Gasteiger partial charge in [0.05, 0.1) is 6.61 Å². The first-order chi connectivity index (χ1) is 9.17. The molecule has 2 rings (SSSR count). The molecule has 1 N–H and O–H groups in total. The molecule has 0 aliphatic rings. The summed E-state index contributed by atoms with van der Waals surface area (Å²) >= 11 is 0. The van der Waals surface area contributed by atoms with Crippen LogP contribution in [-0.4, -0.2) is 19.1 Å². The number of rotatable bonds is 5. The summed E-state index contributed by atoms with van der Waals surface area (Å²) in [5.41, 5.74) is 1.52. The zero-order valence-corrected chi connectivity index (χ0v) is 11.5. The van der Waals surface area contributed by atoms with E-state index in [0.29, 0.717) is 18.0 Å². The van der Waals surface area contributed by atoms with Crippen LogP contribution in [0, 0.1) is 0 Å². The fraction of sp³-hybridized carbons (Fsp3) is 0.400. The van der Waals surface area contributed by atoms with Crippen molar-refractivity contribution in [1.29, 1.82) is 0 Å². The number of fused-ring (bicyclic) bond motifs is 1. The van der Waals surface area contributed by atoms with Crippen LogP contribution >= 0.6 is 0 Å². The fourth-order valence-corrected chi connectivity index (χ4v) is 1.96. The van der Waals surface area contributed by atoms with Gasteiger partial charge in [0.25, 0.3) is 5.91 Å². The van der Waals surface area contributed by atoms with Crippen molar-refractivity contribution < 1.29 is 13.9 Å². The predicted octanol–water partition coefficient (Wildman–Crippen LogP) is 3.11. The van der Waals surface area contributed by atoms with Crippen LogP contribution in [0.4, 0.5) is 0 Å². The van der Waals surface area contributed by atoms with Crippen molar-refractivity contribution >= 4 is 16.9 Å². The van der Waals surface area contributed by atoms with Crippen molar-refractivity contribution in [2.45, 2.75) is 32.9 Å². The number of ether oxygens (including phenoxy) is 1. The normalized spacial score (nSPS) is 12.6. The van der Waals surface area contributed by atoms with Crippen molar-refractivity contribution in [3.63, 3.8) is 0 Å². The molecule has 0 aliphatic heterocycles. The molecule has 0 bridgehead atoms. The summed E-state index contributed by atoms with van der Waals surface area (Å²) in [4.78, 5) is 12.2. The van der Waals surface area contributed by atoms with Crippen LogP contribution in [-0.2, 0) is 11.3 Å². The third-order valence-electron chi connectivity index (χ3n) is 3.18. The van der Waals surface area contributed by atoms with Crippen LogP contribution in [0.1, 0.15) is 36.4 Å². The van der Waals surface area contributed by atoms with Crippen molar-refractivity contribution in [3.05, 3.63) is 35.6 Å². The lowest BCUT2D eigenvalue weighted by atomic mass is 10.1. The van der Waals surface area contributed by atoms with E-state index in [-0.39, 0.29) is 11.9 Å². The second-order valence-electron chi connectivity index (χ2n) is 4.62. The standard InChI is InChI=1S/C15H19NO3/c1-4-10(2)16-15(17)14-12(9-18-3)11-7-5-6-8-13(11)19-14/h5-8,10H,4,9H2,1-3H3,(H,16,17)/t10-/m1/s1. The third-order valence-corrected chi connectivity index (χ3v) is 3.18. The second kappa shape index (κ2) is 5.89. The first-order valence-electron chi connectivity index (χ1n) is 6.47. The monoisotopic (exact) mass is 261 g/mol. The first-order valence-corrected chi connectivity index (χ1v) is 6.47. The van der Waals surface area contributed by atoms with Crippen molar-refractivity contribution in [1.82, 2.24) is 5.32 Å². The van der Waals surface area contributed by atoms with Gasteiger partial charge in [-0.2, -0.15) is 0 Å². The van der Waals surface area contributed by atoms with E-state index >= 15 is 0 Å². The zero-order chi connectivity index (χ0) is 13.8. The lowest BCUT2D eigenvalue weighted by Crippen LogP contribution is -2.32. The number of amides is 1. The first kappa shape index (κ1) is 13.6. The molecule has 1 atom stereocenters. The summed E-state index contributed by atoms with van der Waals surface area (Å²) in [7, 11) is 1.61. The van der Waals surface area contributed by atoms with E-state index in [9.17, 15) is 4.79 Å². The van der Waals surface area contributed by atoms with E-state index < -0.39 is 0 Å². The Labute approximate surface area is 112 Å². The highest BCUT2D eigenvalue weighted by atomic mass is 16.5. The topological polar surface area (TPSA) is 51.5 Å². The van der Waals surface area contributed by atoms with Crippen molar-refractivity contribution in [3.8, 4) is 0 Å². The molecule has 19 heavy (non-hydrogen) atoms. The molecule has 0 aliphatic carbocycles. The SMILES string of the molecule is CC[C@@H](C)NC(=O)c1oc2ccccc2c1COC. The van der Waals surface area contributed by atoms with Crippen molar-refractivity contribution in [2.75, 3.05) is 7.11 Å². The van der Waals surface area contributed by atoms with Crippen molar-refractivity contribution in [2.24, 2.45) is 0 Å². The highest BCUT2D eigenvalue weighted by molar-refractivity contribution is 5.99. The molecule has 0 saturated heterocycles. The Bertz CT molecular complexity index is 574. The van der Waals surface area contributed by atoms with E-state index in [1.165, 1.54) is 0 Å². The Balaban J connectivity index is 2.41. The molecule has 4 nitrogen and oxygen atoms in total. The lowest BCUT2D eigenvalue weighted by molar-refractivity contribution is 0.0907. The highest BCUT2D eigenvalue weighted by Crippen LogP contribution is 2.26. The van der Waals surface area contributed by atoms with Gasteiger partial charge in [0.2, 0.25) is 0 Å². The van der Waals surface area contributed by atoms with E-state index in [2.05, 4.69) is 5.32 Å². The maximum atomic E-state index is 12.2. The summed E-state index contributed by atoms with van der Waals surface area (Å²) in [5.74, 6) is 0.168. The number of para-hydroxylation sites is 1. The number of hydrogen-bond donors (Lipinski definition) is 1. The zero-order valence-electron chi connectivity index (χ0n) is 11.5. The summed E-state index contributed by atoms with van der Waals surface area (Å²) in [6, 6.07) is 7.73. The molecule has 1 aromatic heterocycles.